The lowest BCUT2D eigenvalue weighted by Crippen LogP contribution is -2.19. The van der Waals surface area contributed by atoms with Crippen LogP contribution in [0.15, 0.2) is 58.0 Å². The van der Waals surface area contributed by atoms with Crippen molar-refractivity contribution in [2.45, 2.75) is 6.92 Å². The molecule has 3 rings (SSSR count). The van der Waals surface area contributed by atoms with Crippen LogP contribution in [0.1, 0.15) is 23.0 Å². The molecule has 23 heavy (non-hydrogen) atoms. The second-order valence-electron chi connectivity index (χ2n) is 4.95. The summed E-state index contributed by atoms with van der Waals surface area (Å²) < 4.78 is 5.66. The van der Waals surface area contributed by atoms with Gasteiger partial charge in [-0.25, -0.2) is 5.43 Å². The fourth-order valence-corrected chi connectivity index (χ4v) is 2.27. The monoisotopic (exact) mass is 328 g/mol. The molecule has 0 aliphatic heterocycles. The molecule has 6 heteroatoms. The number of amides is 1. The highest BCUT2D eigenvalue weighted by molar-refractivity contribution is 6.31. The Balaban J connectivity index is 1.81. The number of hydrazone groups is 1. The van der Waals surface area contributed by atoms with Crippen LogP contribution in [0.4, 0.5) is 0 Å². The van der Waals surface area contributed by atoms with Gasteiger partial charge in [-0.3, -0.25) is 4.79 Å². The van der Waals surface area contributed by atoms with Crippen molar-refractivity contribution >= 4 is 34.2 Å². The zero-order valence-corrected chi connectivity index (χ0v) is 13.0. The van der Waals surface area contributed by atoms with Crippen molar-refractivity contribution < 1.29 is 14.3 Å². The van der Waals surface area contributed by atoms with Crippen molar-refractivity contribution in [3.05, 3.63) is 64.9 Å². The number of furan rings is 1. The van der Waals surface area contributed by atoms with E-state index in [0.717, 1.165) is 11.0 Å². The average molecular weight is 329 g/mol. The molecule has 5 nitrogen and oxygen atoms in total. The van der Waals surface area contributed by atoms with Crippen molar-refractivity contribution in [1.29, 1.82) is 0 Å². The molecule has 2 aromatic carbocycles. The first-order chi connectivity index (χ1) is 11.0. The second-order valence-corrected chi connectivity index (χ2v) is 5.38. The van der Waals surface area contributed by atoms with Crippen LogP contribution in [0.2, 0.25) is 5.02 Å². The minimum atomic E-state index is -0.555. The highest BCUT2D eigenvalue weighted by Gasteiger charge is 2.12. The number of carbonyl (C=O) groups excluding carboxylic acids is 1. The van der Waals surface area contributed by atoms with Crippen molar-refractivity contribution in [3.8, 4) is 5.75 Å². The minimum absolute atomic E-state index is 0.0543. The van der Waals surface area contributed by atoms with Gasteiger partial charge in [0.1, 0.15) is 17.0 Å². The summed E-state index contributed by atoms with van der Waals surface area (Å²) in [5.41, 5.74) is 3.69. The summed E-state index contributed by atoms with van der Waals surface area (Å²) >= 11 is 5.82. The molecule has 0 aliphatic rings. The van der Waals surface area contributed by atoms with Crippen LogP contribution in [0.25, 0.3) is 11.0 Å². The van der Waals surface area contributed by atoms with Gasteiger partial charge in [-0.1, -0.05) is 29.8 Å². The van der Waals surface area contributed by atoms with Gasteiger partial charge in [0, 0.05) is 10.4 Å². The summed E-state index contributed by atoms with van der Waals surface area (Å²) in [7, 11) is 0. The van der Waals surface area contributed by atoms with E-state index in [2.05, 4.69) is 10.5 Å². The predicted molar refractivity (Wildman–Crippen MR) is 89.0 cm³/mol. The van der Waals surface area contributed by atoms with Gasteiger partial charge in [-0.15, -0.1) is 0 Å². The van der Waals surface area contributed by atoms with E-state index >= 15 is 0 Å². The Hall–Kier alpha value is -2.79. The number of aromatic hydroxyl groups is 1. The highest BCUT2D eigenvalue weighted by atomic mass is 35.5. The summed E-state index contributed by atoms with van der Waals surface area (Å²) in [6.45, 7) is 1.72. The fourth-order valence-electron chi connectivity index (χ4n) is 2.10. The molecule has 0 bridgehead atoms. The Morgan fingerprint density at radius 2 is 2.00 bits per heavy atom. The van der Waals surface area contributed by atoms with Gasteiger partial charge in [0.15, 0.2) is 5.76 Å². The molecule has 0 atom stereocenters. The first-order valence-electron chi connectivity index (χ1n) is 6.86. The van der Waals surface area contributed by atoms with Gasteiger partial charge in [0.25, 0.3) is 5.91 Å². The zero-order chi connectivity index (χ0) is 16.4. The summed E-state index contributed by atoms with van der Waals surface area (Å²) in [6, 6.07) is 13.6. The number of phenols is 1. The van der Waals surface area contributed by atoms with E-state index in [0.29, 0.717) is 16.5 Å². The maximum Gasteiger partial charge on any atom is 0.275 e. The zero-order valence-electron chi connectivity index (χ0n) is 12.2. The molecule has 0 fully saturated rings. The van der Waals surface area contributed by atoms with E-state index in [1.165, 1.54) is 18.2 Å². The Morgan fingerprint density at radius 3 is 2.78 bits per heavy atom. The molecule has 1 heterocycles. The number of rotatable bonds is 3. The van der Waals surface area contributed by atoms with Crippen LogP contribution in [-0.2, 0) is 0 Å². The van der Waals surface area contributed by atoms with E-state index in [1.54, 1.807) is 6.92 Å². The topological polar surface area (TPSA) is 74.8 Å². The van der Waals surface area contributed by atoms with Gasteiger partial charge in [0.2, 0.25) is 0 Å². The first kappa shape index (κ1) is 15.1. The fraction of sp³-hybridized carbons (Fsp3) is 0.0588. The number of fused-ring (bicyclic) bond motifs is 1. The molecular weight excluding hydrogens is 316 g/mol. The predicted octanol–water partition coefficient (Wildman–Crippen LogP) is 3.95. The molecule has 0 saturated heterocycles. The Morgan fingerprint density at radius 1 is 1.22 bits per heavy atom. The molecule has 0 saturated carbocycles. The number of phenolic OH excluding ortho intramolecular Hbond substituents is 1. The average Bonchev–Trinajstić information content (AvgIpc) is 2.98. The molecule has 1 aromatic heterocycles. The normalized spacial score (nSPS) is 11.7. The number of halogens is 1. The maximum atomic E-state index is 12.1. The maximum absolute atomic E-state index is 12.1. The van der Waals surface area contributed by atoms with E-state index in [9.17, 15) is 9.90 Å². The van der Waals surface area contributed by atoms with Gasteiger partial charge in [-0.2, -0.15) is 5.10 Å². The van der Waals surface area contributed by atoms with E-state index < -0.39 is 5.91 Å². The Kier molecular flexibility index (Phi) is 4.04. The number of carbonyl (C=O) groups is 1. The molecule has 0 aliphatic carbocycles. The lowest BCUT2D eigenvalue weighted by Gasteiger charge is -2.04. The van der Waals surface area contributed by atoms with Crippen LogP contribution in [0.3, 0.4) is 0 Å². The standard InChI is InChI=1S/C17H13ClN2O3/c1-10(16-8-11-4-2-3-5-15(11)23-16)19-20-17(22)13-9-12(18)6-7-14(13)21/h2-9,21H,1H3,(H,20,22)/b19-10-. The SMILES string of the molecule is C/C(=N/NC(=O)c1cc(Cl)ccc1O)c1cc2ccccc2o1. The van der Waals surface area contributed by atoms with Gasteiger partial charge in [-0.05, 0) is 37.3 Å². The van der Waals surface area contributed by atoms with Crippen LogP contribution >= 0.6 is 11.6 Å². The summed E-state index contributed by atoms with van der Waals surface area (Å²) in [4.78, 5) is 12.1. The van der Waals surface area contributed by atoms with Crippen molar-refractivity contribution in [1.82, 2.24) is 5.43 Å². The minimum Gasteiger partial charge on any atom is -0.507 e. The highest BCUT2D eigenvalue weighted by Crippen LogP contribution is 2.22. The first-order valence-corrected chi connectivity index (χ1v) is 7.24. The van der Waals surface area contributed by atoms with Crippen molar-refractivity contribution in [2.75, 3.05) is 0 Å². The third-order valence-corrected chi connectivity index (χ3v) is 3.55. The number of hydrogen-bond donors (Lipinski definition) is 2. The molecular formula is C17H13ClN2O3. The van der Waals surface area contributed by atoms with Crippen LogP contribution in [-0.4, -0.2) is 16.7 Å². The van der Waals surface area contributed by atoms with E-state index in [1.807, 2.05) is 30.3 Å². The number of hydrogen-bond acceptors (Lipinski definition) is 4. The number of benzene rings is 2. The van der Waals surface area contributed by atoms with E-state index in [-0.39, 0.29) is 11.3 Å². The Labute approximate surface area is 137 Å². The third kappa shape index (κ3) is 3.19. The number of nitrogens with zero attached hydrogens (tertiary/aromatic N) is 1. The molecule has 116 valence electrons. The molecule has 0 unspecified atom stereocenters. The smallest absolute Gasteiger partial charge is 0.275 e. The van der Waals surface area contributed by atoms with E-state index in [4.69, 9.17) is 16.0 Å². The molecule has 2 N–H and O–H groups in total. The quantitative estimate of drug-likeness (QED) is 0.564. The van der Waals surface area contributed by atoms with Crippen LogP contribution < -0.4 is 5.43 Å². The Bertz CT molecular complexity index is 882. The largest absolute Gasteiger partial charge is 0.507 e. The van der Waals surface area contributed by atoms with Gasteiger partial charge >= 0.3 is 0 Å². The van der Waals surface area contributed by atoms with Crippen molar-refractivity contribution in [3.63, 3.8) is 0 Å². The third-order valence-electron chi connectivity index (χ3n) is 3.31. The lowest BCUT2D eigenvalue weighted by atomic mass is 10.2. The molecule has 0 spiro atoms. The van der Waals surface area contributed by atoms with Gasteiger partial charge in [0.05, 0.1) is 5.56 Å². The number of para-hydroxylation sites is 1. The summed E-state index contributed by atoms with van der Waals surface area (Å²) in [5.74, 6) is -0.161. The van der Waals surface area contributed by atoms with Crippen LogP contribution in [0.5, 0.6) is 5.75 Å². The second kappa shape index (κ2) is 6.14. The van der Waals surface area contributed by atoms with Crippen molar-refractivity contribution in [2.24, 2.45) is 5.10 Å². The molecule has 0 radical (unpaired) electrons. The molecule has 3 aromatic rings. The number of nitrogens with one attached hydrogen (secondary N) is 1. The van der Waals surface area contributed by atoms with Gasteiger partial charge < -0.3 is 9.52 Å². The molecule has 1 amide bonds. The lowest BCUT2D eigenvalue weighted by molar-refractivity contribution is 0.0952. The van der Waals surface area contributed by atoms with Crippen LogP contribution in [0, 0.1) is 0 Å². The summed E-state index contributed by atoms with van der Waals surface area (Å²) in [5, 5.41) is 15.0. The summed E-state index contributed by atoms with van der Waals surface area (Å²) in [6.07, 6.45) is 0.